The molecular formula is C14H18N6O. The summed E-state index contributed by atoms with van der Waals surface area (Å²) in [6.45, 7) is 2.40. The van der Waals surface area contributed by atoms with Crippen LogP contribution < -0.4 is 22.1 Å². The molecule has 0 aliphatic carbocycles. The molecule has 1 aromatic carbocycles. The summed E-state index contributed by atoms with van der Waals surface area (Å²) < 4.78 is 0. The number of nitrogens with zero attached hydrogens (tertiary/aromatic N) is 2. The lowest BCUT2D eigenvalue weighted by molar-refractivity contribution is 0.100. The average molecular weight is 286 g/mol. The number of benzene rings is 1. The van der Waals surface area contributed by atoms with Gasteiger partial charge in [0.1, 0.15) is 11.4 Å². The van der Waals surface area contributed by atoms with Gasteiger partial charge in [-0.1, -0.05) is 18.2 Å². The molecule has 21 heavy (non-hydrogen) atoms. The molecule has 0 saturated carbocycles. The topological polar surface area (TPSA) is 119 Å². The predicted octanol–water partition coefficient (Wildman–Crippen LogP) is 1.08. The summed E-state index contributed by atoms with van der Waals surface area (Å²) in [5.74, 6) is 0.152. The van der Waals surface area contributed by atoms with Gasteiger partial charge in [0.25, 0.3) is 5.91 Å². The van der Waals surface area contributed by atoms with Crippen LogP contribution in [0.15, 0.2) is 36.5 Å². The third-order valence-corrected chi connectivity index (χ3v) is 2.67. The number of nitrogens with one attached hydrogen (secondary N) is 2. The maximum Gasteiger partial charge on any atom is 0.254 e. The van der Waals surface area contributed by atoms with Gasteiger partial charge < -0.3 is 22.1 Å². The van der Waals surface area contributed by atoms with E-state index in [-0.39, 0.29) is 11.6 Å². The summed E-state index contributed by atoms with van der Waals surface area (Å²) >= 11 is 0. The van der Waals surface area contributed by atoms with Crippen molar-refractivity contribution in [1.82, 2.24) is 9.97 Å². The lowest BCUT2D eigenvalue weighted by Gasteiger charge is -2.12. The number of amides is 1. The molecule has 1 heterocycles. The third kappa shape index (κ3) is 4.15. The summed E-state index contributed by atoms with van der Waals surface area (Å²) in [6, 6.07) is 9.35. The zero-order chi connectivity index (χ0) is 15.2. The van der Waals surface area contributed by atoms with Crippen LogP contribution >= 0.6 is 0 Å². The van der Waals surface area contributed by atoms with Crippen molar-refractivity contribution in [2.45, 2.75) is 13.0 Å². The highest BCUT2D eigenvalue weighted by Gasteiger charge is 2.12. The van der Waals surface area contributed by atoms with E-state index in [1.807, 2.05) is 37.3 Å². The van der Waals surface area contributed by atoms with E-state index < -0.39 is 5.91 Å². The largest absolute Gasteiger partial charge is 0.365 e. The molecule has 7 heteroatoms. The quantitative estimate of drug-likeness (QED) is 0.631. The molecule has 0 aliphatic heterocycles. The highest BCUT2D eigenvalue weighted by Crippen LogP contribution is 2.19. The molecule has 1 unspecified atom stereocenters. The van der Waals surface area contributed by atoms with Crippen LogP contribution in [0.1, 0.15) is 17.3 Å². The molecular weight excluding hydrogens is 268 g/mol. The Hall–Kier alpha value is -2.67. The van der Waals surface area contributed by atoms with E-state index in [4.69, 9.17) is 11.5 Å². The van der Waals surface area contributed by atoms with Gasteiger partial charge in [-0.25, -0.2) is 4.98 Å². The number of hydrogen-bond donors (Lipinski definition) is 4. The Labute approximate surface area is 122 Å². The Morgan fingerprint density at radius 2 is 2.05 bits per heavy atom. The van der Waals surface area contributed by atoms with Crippen LogP contribution in [0.4, 0.5) is 17.5 Å². The van der Waals surface area contributed by atoms with E-state index in [1.54, 1.807) is 0 Å². The number of carbonyl (C=O) groups is 1. The molecule has 7 nitrogen and oxygen atoms in total. The number of carbonyl (C=O) groups excluding carboxylic acids is 1. The predicted molar refractivity (Wildman–Crippen MR) is 82.4 cm³/mol. The Bertz CT molecular complexity index is 614. The van der Waals surface area contributed by atoms with Crippen molar-refractivity contribution in [2.24, 2.45) is 11.5 Å². The van der Waals surface area contributed by atoms with Crippen molar-refractivity contribution in [3.63, 3.8) is 0 Å². The monoisotopic (exact) mass is 286 g/mol. The van der Waals surface area contributed by atoms with Crippen LogP contribution in [0.25, 0.3) is 0 Å². The van der Waals surface area contributed by atoms with E-state index in [1.165, 1.54) is 6.20 Å². The van der Waals surface area contributed by atoms with Crippen LogP contribution in [0, 0.1) is 0 Å². The van der Waals surface area contributed by atoms with Crippen molar-refractivity contribution >= 4 is 23.4 Å². The van der Waals surface area contributed by atoms with Crippen molar-refractivity contribution in [3.8, 4) is 0 Å². The minimum Gasteiger partial charge on any atom is -0.365 e. The van der Waals surface area contributed by atoms with Crippen molar-refractivity contribution in [1.29, 1.82) is 0 Å². The van der Waals surface area contributed by atoms with Crippen LogP contribution in [-0.4, -0.2) is 28.5 Å². The maximum absolute atomic E-state index is 11.5. The molecule has 1 atom stereocenters. The summed E-state index contributed by atoms with van der Waals surface area (Å²) in [5.41, 5.74) is 12.0. The van der Waals surface area contributed by atoms with Gasteiger partial charge in [0.2, 0.25) is 5.95 Å². The number of hydrogen-bond acceptors (Lipinski definition) is 6. The molecule has 110 valence electrons. The van der Waals surface area contributed by atoms with E-state index in [0.717, 1.165) is 5.69 Å². The lowest BCUT2D eigenvalue weighted by atomic mass is 10.2. The fourth-order valence-electron chi connectivity index (χ4n) is 1.65. The number of anilines is 3. The minimum absolute atomic E-state index is 0.0325. The fourth-order valence-corrected chi connectivity index (χ4v) is 1.65. The number of nitrogens with two attached hydrogens (primary N) is 2. The first-order valence-electron chi connectivity index (χ1n) is 6.54. The first-order chi connectivity index (χ1) is 10.1. The van der Waals surface area contributed by atoms with Crippen molar-refractivity contribution in [2.75, 3.05) is 17.2 Å². The van der Waals surface area contributed by atoms with Crippen LogP contribution in [0.3, 0.4) is 0 Å². The molecule has 0 aliphatic rings. The summed E-state index contributed by atoms with van der Waals surface area (Å²) in [7, 11) is 0. The van der Waals surface area contributed by atoms with Crippen molar-refractivity contribution in [3.05, 3.63) is 42.1 Å². The number of para-hydroxylation sites is 1. The maximum atomic E-state index is 11.5. The third-order valence-electron chi connectivity index (χ3n) is 2.67. The number of primary amides is 1. The van der Waals surface area contributed by atoms with Gasteiger partial charge >= 0.3 is 0 Å². The van der Waals surface area contributed by atoms with E-state index in [2.05, 4.69) is 20.6 Å². The van der Waals surface area contributed by atoms with E-state index in [0.29, 0.717) is 18.3 Å². The van der Waals surface area contributed by atoms with Gasteiger partial charge in [-0.2, -0.15) is 4.98 Å². The first kappa shape index (κ1) is 14.7. The Balaban J connectivity index is 2.26. The second-order valence-corrected chi connectivity index (χ2v) is 4.67. The van der Waals surface area contributed by atoms with Gasteiger partial charge in [0.15, 0.2) is 0 Å². The minimum atomic E-state index is -0.591. The molecule has 0 bridgehead atoms. The fraction of sp³-hybridized carbons (Fsp3) is 0.214. The first-order valence-corrected chi connectivity index (χ1v) is 6.54. The standard InChI is InChI=1S/C14H18N6O/c1-9(15)7-17-14-18-8-11(12(16)21)13(20-14)19-10-5-3-2-4-6-10/h2-6,8-9H,7,15H2,1H3,(H2,16,21)(H2,17,18,19,20). The van der Waals surface area contributed by atoms with Crippen LogP contribution in [0.2, 0.25) is 0 Å². The normalized spacial score (nSPS) is 11.7. The molecule has 0 fully saturated rings. The van der Waals surface area contributed by atoms with Gasteiger partial charge in [0, 0.05) is 24.5 Å². The summed E-state index contributed by atoms with van der Waals surface area (Å²) in [4.78, 5) is 19.8. The lowest BCUT2D eigenvalue weighted by Crippen LogP contribution is -2.26. The molecule has 0 saturated heterocycles. The Kier molecular flexibility index (Phi) is 4.68. The SMILES string of the molecule is CC(N)CNc1ncc(C(N)=O)c(Nc2ccccc2)n1. The summed E-state index contributed by atoms with van der Waals surface area (Å²) in [6.07, 6.45) is 1.39. The number of aromatic nitrogens is 2. The van der Waals surface area contributed by atoms with Gasteiger partial charge in [-0.15, -0.1) is 0 Å². The average Bonchev–Trinajstić information content (AvgIpc) is 2.46. The highest BCUT2D eigenvalue weighted by atomic mass is 16.1. The van der Waals surface area contributed by atoms with Gasteiger partial charge in [-0.3, -0.25) is 4.79 Å². The zero-order valence-electron chi connectivity index (χ0n) is 11.7. The second kappa shape index (κ2) is 6.67. The van der Waals surface area contributed by atoms with Gasteiger partial charge in [0.05, 0.1) is 0 Å². The highest BCUT2D eigenvalue weighted by molar-refractivity contribution is 5.98. The van der Waals surface area contributed by atoms with Gasteiger partial charge in [-0.05, 0) is 19.1 Å². The van der Waals surface area contributed by atoms with Crippen molar-refractivity contribution < 1.29 is 4.79 Å². The Morgan fingerprint density at radius 3 is 2.67 bits per heavy atom. The zero-order valence-corrected chi connectivity index (χ0v) is 11.7. The van der Waals surface area contributed by atoms with Crippen LogP contribution in [-0.2, 0) is 0 Å². The molecule has 1 amide bonds. The smallest absolute Gasteiger partial charge is 0.254 e. The molecule has 2 aromatic rings. The molecule has 2 rings (SSSR count). The number of rotatable bonds is 6. The second-order valence-electron chi connectivity index (χ2n) is 4.67. The molecule has 6 N–H and O–H groups in total. The van der Waals surface area contributed by atoms with E-state index >= 15 is 0 Å². The molecule has 0 spiro atoms. The Morgan fingerprint density at radius 1 is 1.33 bits per heavy atom. The van der Waals surface area contributed by atoms with E-state index in [9.17, 15) is 4.79 Å². The molecule has 1 aromatic heterocycles. The summed E-state index contributed by atoms with van der Waals surface area (Å²) in [5, 5.41) is 6.06. The molecule has 0 radical (unpaired) electrons. The van der Waals surface area contributed by atoms with Crippen LogP contribution in [0.5, 0.6) is 0 Å².